The van der Waals surface area contributed by atoms with Gasteiger partial charge in [0.15, 0.2) is 0 Å². The third-order valence-corrected chi connectivity index (χ3v) is 3.53. The Hall–Kier alpha value is -1.13. The van der Waals surface area contributed by atoms with Crippen molar-refractivity contribution in [3.8, 4) is 10.6 Å². The normalized spacial score (nSPS) is 11.3. The molecule has 3 nitrogen and oxygen atoms in total. The molecule has 0 atom stereocenters. The SMILES string of the molecule is Cc1occc1-c1ncc(CNCC(C)C)s1. The highest BCUT2D eigenvalue weighted by molar-refractivity contribution is 7.15. The third-order valence-electron chi connectivity index (χ3n) is 2.49. The second-order valence-electron chi connectivity index (χ2n) is 4.55. The van der Waals surface area contributed by atoms with Crippen LogP contribution in [0.2, 0.25) is 0 Å². The van der Waals surface area contributed by atoms with Gasteiger partial charge < -0.3 is 9.73 Å². The lowest BCUT2D eigenvalue weighted by molar-refractivity contribution is 0.535. The fourth-order valence-electron chi connectivity index (χ4n) is 1.60. The van der Waals surface area contributed by atoms with Gasteiger partial charge >= 0.3 is 0 Å². The van der Waals surface area contributed by atoms with Crippen LogP contribution in [0.15, 0.2) is 22.9 Å². The summed E-state index contributed by atoms with van der Waals surface area (Å²) in [5.74, 6) is 1.61. The van der Waals surface area contributed by atoms with E-state index in [1.165, 1.54) is 4.88 Å². The molecule has 0 amide bonds. The molecule has 0 aromatic carbocycles. The maximum atomic E-state index is 5.29. The first-order chi connectivity index (χ1) is 8.16. The molecule has 0 unspecified atom stereocenters. The van der Waals surface area contributed by atoms with E-state index in [9.17, 15) is 0 Å². The number of hydrogen-bond acceptors (Lipinski definition) is 4. The molecule has 2 aromatic rings. The summed E-state index contributed by atoms with van der Waals surface area (Å²) in [5, 5.41) is 4.46. The van der Waals surface area contributed by atoms with Crippen molar-refractivity contribution in [2.24, 2.45) is 5.92 Å². The molecule has 4 heteroatoms. The molecule has 0 radical (unpaired) electrons. The highest BCUT2D eigenvalue weighted by Gasteiger charge is 2.09. The van der Waals surface area contributed by atoms with Crippen molar-refractivity contribution in [2.45, 2.75) is 27.3 Å². The zero-order valence-electron chi connectivity index (χ0n) is 10.5. The fourth-order valence-corrected chi connectivity index (χ4v) is 2.56. The number of hydrogen-bond donors (Lipinski definition) is 1. The molecule has 0 spiro atoms. The van der Waals surface area contributed by atoms with Gasteiger partial charge in [0.1, 0.15) is 10.8 Å². The van der Waals surface area contributed by atoms with Crippen LogP contribution in [0.1, 0.15) is 24.5 Å². The van der Waals surface area contributed by atoms with Crippen LogP contribution in [0.25, 0.3) is 10.6 Å². The van der Waals surface area contributed by atoms with Crippen molar-refractivity contribution < 1.29 is 4.42 Å². The molecule has 0 aliphatic carbocycles. The van der Waals surface area contributed by atoms with Crippen LogP contribution < -0.4 is 5.32 Å². The highest BCUT2D eigenvalue weighted by atomic mass is 32.1. The van der Waals surface area contributed by atoms with E-state index in [4.69, 9.17) is 4.42 Å². The van der Waals surface area contributed by atoms with Gasteiger partial charge in [-0.05, 0) is 25.5 Å². The Balaban J connectivity index is 1.99. The Morgan fingerprint density at radius 1 is 1.47 bits per heavy atom. The van der Waals surface area contributed by atoms with Gasteiger partial charge in [-0.2, -0.15) is 0 Å². The van der Waals surface area contributed by atoms with Crippen molar-refractivity contribution >= 4 is 11.3 Å². The highest BCUT2D eigenvalue weighted by Crippen LogP contribution is 2.28. The second-order valence-corrected chi connectivity index (χ2v) is 5.66. The van der Waals surface area contributed by atoms with Crippen LogP contribution in [0.3, 0.4) is 0 Å². The molecule has 2 rings (SSSR count). The van der Waals surface area contributed by atoms with Gasteiger partial charge in [-0.25, -0.2) is 4.98 Å². The van der Waals surface area contributed by atoms with Gasteiger partial charge in [-0.3, -0.25) is 0 Å². The first-order valence-electron chi connectivity index (χ1n) is 5.86. The molecule has 2 heterocycles. The van der Waals surface area contributed by atoms with E-state index >= 15 is 0 Å². The maximum absolute atomic E-state index is 5.29. The maximum Gasteiger partial charge on any atom is 0.127 e. The number of nitrogens with one attached hydrogen (secondary N) is 1. The average molecular weight is 250 g/mol. The van der Waals surface area contributed by atoms with Gasteiger partial charge in [0.2, 0.25) is 0 Å². The molecule has 0 saturated carbocycles. The summed E-state index contributed by atoms with van der Waals surface area (Å²) in [7, 11) is 0. The molecular formula is C13H18N2OS. The molecule has 0 bridgehead atoms. The predicted molar refractivity (Wildman–Crippen MR) is 71.1 cm³/mol. The molecule has 0 fully saturated rings. The van der Waals surface area contributed by atoms with Crippen LogP contribution in [0, 0.1) is 12.8 Å². The van der Waals surface area contributed by atoms with E-state index < -0.39 is 0 Å². The van der Waals surface area contributed by atoms with Crippen molar-refractivity contribution in [1.82, 2.24) is 10.3 Å². The van der Waals surface area contributed by atoms with E-state index in [2.05, 4.69) is 24.1 Å². The van der Waals surface area contributed by atoms with Crippen molar-refractivity contribution in [1.29, 1.82) is 0 Å². The molecule has 0 aliphatic rings. The third kappa shape index (κ3) is 3.17. The van der Waals surface area contributed by atoms with Crippen molar-refractivity contribution in [2.75, 3.05) is 6.54 Å². The summed E-state index contributed by atoms with van der Waals surface area (Å²) < 4.78 is 5.29. The Kier molecular flexibility index (Phi) is 3.97. The summed E-state index contributed by atoms with van der Waals surface area (Å²) in [6.07, 6.45) is 3.66. The minimum Gasteiger partial charge on any atom is -0.469 e. The van der Waals surface area contributed by atoms with E-state index in [0.717, 1.165) is 29.4 Å². The summed E-state index contributed by atoms with van der Waals surface area (Å²) in [4.78, 5) is 5.70. The number of aryl methyl sites for hydroxylation is 1. The van der Waals surface area contributed by atoms with E-state index in [1.54, 1.807) is 17.6 Å². The predicted octanol–water partition coefficient (Wildman–Crippen LogP) is 3.46. The first-order valence-corrected chi connectivity index (χ1v) is 6.68. The number of nitrogens with zero attached hydrogens (tertiary/aromatic N) is 1. The minimum atomic E-state index is 0.679. The topological polar surface area (TPSA) is 38.1 Å². The van der Waals surface area contributed by atoms with Gasteiger partial charge in [-0.15, -0.1) is 11.3 Å². The Labute approximate surface area is 106 Å². The molecule has 17 heavy (non-hydrogen) atoms. The number of thiazole rings is 1. The lowest BCUT2D eigenvalue weighted by Crippen LogP contribution is -2.18. The first kappa shape index (κ1) is 12.3. The fraction of sp³-hybridized carbons (Fsp3) is 0.462. The van der Waals surface area contributed by atoms with Gasteiger partial charge in [0.05, 0.1) is 11.8 Å². The molecule has 0 aliphatic heterocycles. The number of aromatic nitrogens is 1. The molecular weight excluding hydrogens is 232 g/mol. The van der Waals surface area contributed by atoms with Gasteiger partial charge in [0, 0.05) is 17.6 Å². The van der Waals surface area contributed by atoms with E-state index in [-0.39, 0.29) is 0 Å². The Morgan fingerprint density at radius 2 is 2.29 bits per heavy atom. The second kappa shape index (κ2) is 5.47. The van der Waals surface area contributed by atoms with Crippen LogP contribution in [-0.4, -0.2) is 11.5 Å². The van der Waals surface area contributed by atoms with E-state index in [0.29, 0.717) is 5.92 Å². The average Bonchev–Trinajstić information content (AvgIpc) is 2.86. The summed E-state index contributed by atoms with van der Waals surface area (Å²) in [6.45, 7) is 8.32. The largest absolute Gasteiger partial charge is 0.469 e. The van der Waals surface area contributed by atoms with Gasteiger partial charge in [-0.1, -0.05) is 13.8 Å². The monoisotopic (exact) mass is 250 g/mol. The molecule has 92 valence electrons. The number of furan rings is 1. The Bertz CT molecular complexity index is 473. The smallest absolute Gasteiger partial charge is 0.127 e. The number of rotatable bonds is 5. The zero-order valence-corrected chi connectivity index (χ0v) is 11.3. The van der Waals surface area contributed by atoms with Crippen LogP contribution >= 0.6 is 11.3 Å². The quantitative estimate of drug-likeness (QED) is 0.883. The standard InChI is InChI=1S/C13H18N2OS/c1-9(2)6-14-7-11-8-15-13(17-11)12-4-5-16-10(12)3/h4-5,8-9,14H,6-7H2,1-3H3. The van der Waals surface area contributed by atoms with Crippen LogP contribution in [0.5, 0.6) is 0 Å². The summed E-state index contributed by atoms with van der Waals surface area (Å²) in [6, 6.07) is 1.97. The van der Waals surface area contributed by atoms with Crippen molar-refractivity contribution in [3.05, 3.63) is 29.2 Å². The van der Waals surface area contributed by atoms with E-state index in [1.807, 2.05) is 19.2 Å². The lowest BCUT2D eigenvalue weighted by atomic mass is 10.2. The van der Waals surface area contributed by atoms with Crippen LogP contribution in [0.4, 0.5) is 0 Å². The molecule has 0 saturated heterocycles. The van der Waals surface area contributed by atoms with Crippen LogP contribution in [-0.2, 0) is 6.54 Å². The molecule has 2 aromatic heterocycles. The van der Waals surface area contributed by atoms with Gasteiger partial charge in [0.25, 0.3) is 0 Å². The summed E-state index contributed by atoms with van der Waals surface area (Å²) in [5.41, 5.74) is 1.10. The lowest BCUT2D eigenvalue weighted by Gasteiger charge is -2.04. The Morgan fingerprint density at radius 3 is 2.94 bits per heavy atom. The van der Waals surface area contributed by atoms with Crippen molar-refractivity contribution in [3.63, 3.8) is 0 Å². The summed E-state index contributed by atoms with van der Waals surface area (Å²) >= 11 is 1.72. The minimum absolute atomic E-state index is 0.679. The zero-order chi connectivity index (χ0) is 12.3. The molecule has 1 N–H and O–H groups in total.